The van der Waals surface area contributed by atoms with Crippen LogP contribution in [0.4, 0.5) is 0 Å². The van der Waals surface area contributed by atoms with Gasteiger partial charge in [-0.2, -0.15) is 0 Å². The van der Waals surface area contributed by atoms with Crippen LogP contribution in [0.3, 0.4) is 0 Å². The topological polar surface area (TPSA) is 89.8 Å². The Morgan fingerprint density at radius 1 is 0.615 bits per heavy atom. The molecule has 0 saturated heterocycles. The maximum absolute atomic E-state index is 12.3. The molecular weight excluding hydrogens is 486 g/mol. The molecule has 0 aromatic carbocycles. The average Bonchev–Trinajstić information content (AvgIpc) is 2.94. The van der Waals surface area contributed by atoms with E-state index in [9.17, 15) is 20.1 Å². The zero-order valence-electron chi connectivity index (χ0n) is 25.8. The van der Waals surface area contributed by atoms with Crippen LogP contribution in [-0.4, -0.2) is 46.1 Å². The van der Waals surface area contributed by atoms with Crippen LogP contribution < -0.4 is 5.32 Å². The largest absolute Gasteiger partial charge is 0.394 e. The van der Waals surface area contributed by atoms with Crippen molar-refractivity contribution < 1.29 is 20.1 Å². The quantitative estimate of drug-likeness (QED) is 0.0556. The summed E-state index contributed by atoms with van der Waals surface area (Å²) < 4.78 is 0. The smallest absolute Gasteiger partial charge is 0.220 e. The molecule has 0 aliphatic heterocycles. The van der Waals surface area contributed by atoms with Gasteiger partial charge in [-0.1, -0.05) is 115 Å². The van der Waals surface area contributed by atoms with Crippen molar-refractivity contribution in [1.82, 2.24) is 5.32 Å². The van der Waals surface area contributed by atoms with Crippen LogP contribution in [0, 0.1) is 0 Å². The van der Waals surface area contributed by atoms with Crippen LogP contribution in [0.2, 0.25) is 0 Å². The van der Waals surface area contributed by atoms with E-state index in [4.69, 9.17) is 0 Å². The number of carbonyl (C=O) groups excluding carboxylic acids is 1. The van der Waals surface area contributed by atoms with Gasteiger partial charge in [0.1, 0.15) is 6.10 Å². The molecule has 5 nitrogen and oxygen atoms in total. The molecule has 39 heavy (non-hydrogen) atoms. The molecule has 0 aliphatic carbocycles. The van der Waals surface area contributed by atoms with Gasteiger partial charge in [0.15, 0.2) is 0 Å². The monoisotopic (exact) mass is 551 g/mol. The highest BCUT2D eigenvalue weighted by molar-refractivity contribution is 5.76. The van der Waals surface area contributed by atoms with Crippen molar-refractivity contribution in [2.75, 3.05) is 6.61 Å². The van der Waals surface area contributed by atoms with Gasteiger partial charge in [-0.05, 0) is 64.2 Å². The van der Waals surface area contributed by atoms with Gasteiger partial charge in [-0.15, -0.1) is 0 Å². The van der Waals surface area contributed by atoms with E-state index in [0.717, 1.165) is 44.9 Å². The third-order valence-corrected chi connectivity index (χ3v) is 7.53. The lowest BCUT2D eigenvalue weighted by Gasteiger charge is -2.26. The Bertz CT molecular complexity index is 578. The van der Waals surface area contributed by atoms with Crippen LogP contribution in [0.25, 0.3) is 0 Å². The molecule has 0 rings (SSSR count). The van der Waals surface area contributed by atoms with Crippen molar-refractivity contribution in [2.24, 2.45) is 0 Å². The molecule has 1 amide bonds. The minimum absolute atomic E-state index is 0.167. The summed E-state index contributed by atoms with van der Waals surface area (Å²) in [6, 6.07) is -0.825. The summed E-state index contributed by atoms with van der Waals surface area (Å²) >= 11 is 0. The van der Waals surface area contributed by atoms with E-state index in [-0.39, 0.29) is 12.5 Å². The Morgan fingerprint density at radius 2 is 1.03 bits per heavy atom. The normalized spacial score (nSPS) is 14.3. The van der Waals surface area contributed by atoms with Gasteiger partial charge in [-0.25, -0.2) is 0 Å². The van der Waals surface area contributed by atoms with Gasteiger partial charge < -0.3 is 20.6 Å². The Labute approximate surface area is 241 Å². The molecule has 230 valence electrons. The summed E-state index contributed by atoms with van der Waals surface area (Å²) in [6.07, 6.45) is 32.7. The minimum Gasteiger partial charge on any atom is -0.394 e. The summed E-state index contributed by atoms with van der Waals surface area (Å²) in [5.41, 5.74) is 0. The number of nitrogens with one attached hydrogen (secondary N) is 1. The standard InChI is InChI=1S/C34H65NO4/c1-3-5-7-9-11-13-14-15-16-17-18-19-21-23-25-27-29-33(38)35-31(30-36)34(39)32(37)28-26-24-22-20-12-10-8-6-4-2/h16-17,20,22,31-32,34,36-37,39H,3-15,18-19,21,23-30H2,1-2H3,(H,35,38)/b17-16-,22-20+. The first-order chi connectivity index (χ1) is 19.1. The van der Waals surface area contributed by atoms with Crippen LogP contribution in [0.1, 0.15) is 162 Å². The number of unbranched alkanes of at least 4 members (excludes halogenated alkanes) is 17. The maximum Gasteiger partial charge on any atom is 0.220 e. The van der Waals surface area contributed by atoms with Crippen molar-refractivity contribution in [2.45, 2.75) is 180 Å². The number of amides is 1. The number of carbonyl (C=O) groups is 1. The van der Waals surface area contributed by atoms with E-state index in [1.807, 2.05) is 0 Å². The van der Waals surface area contributed by atoms with Gasteiger partial charge in [0.05, 0.1) is 18.8 Å². The van der Waals surface area contributed by atoms with Crippen molar-refractivity contribution in [3.8, 4) is 0 Å². The van der Waals surface area contributed by atoms with Crippen molar-refractivity contribution in [3.05, 3.63) is 24.3 Å². The number of aliphatic hydroxyl groups is 3. The second-order valence-electron chi connectivity index (χ2n) is 11.4. The molecule has 0 heterocycles. The zero-order chi connectivity index (χ0) is 28.8. The van der Waals surface area contributed by atoms with E-state index < -0.39 is 18.2 Å². The van der Waals surface area contributed by atoms with E-state index in [1.165, 1.54) is 89.9 Å². The van der Waals surface area contributed by atoms with Crippen molar-refractivity contribution in [3.63, 3.8) is 0 Å². The number of hydrogen-bond donors (Lipinski definition) is 4. The fourth-order valence-corrected chi connectivity index (χ4v) is 4.86. The van der Waals surface area contributed by atoms with Crippen LogP contribution in [-0.2, 0) is 4.79 Å². The van der Waals surface area contributed by atoms with Crippen LogP contribution in [0.15, 0.2) is 24.3 Å². The molecule has 4 N–H and O–H groups in total. The first-order valence-electron chi connectivity index (χ1n) is 16.6. The molecule has 0 spiro atoms. The van der Waals surface area contributed by atoms with Crippen LogP contribution in [0.5, 0.6) is 0 Å². The van der Waals surface area contributed by atoms with E-state index >= 15 is 0 Å². The third-order valence-electron chi connectivity index (χ3n) is 7.53. The van der Waals surface area contributed by atoms with E-state index in [1.54, 1.807) is 0 Å². The second-order valence-corrected chi connectivity index (χ2v) is 11.4. The SMILES string of the molecule is CCCCCC/C=C/CCCC(O)C(O)C(CO)NC(=O)CCCCCCC/C=C\CCCCCCCCC. The Balaban J connectivity index is 3.76. The lowest BCUT2D eigenvalue weighted by molar-refractivity contribution is -0.124. The van der Waals surface area contributed by atoms with Crippen LogP contribution >= 0.6 is 0 Å². The first-order valence-corrected chi connectivity index (χ1v) is 16.6. The summed E-state index contributed by atoms with van der Waals surface area (Å²) in [4.78, 5) is 12.3. The molecule has 0 aromatic rings. The predicted molar refractivity (Wildman–Crippen MR) is 167 cm³/mol. The highest BCUT2D eigenvalue weighted by Gasteiger charge is 2.26. The molecule has 3 unspecified atom stereocenters. The lowest BCUT2D eigenvalue weighted by Crippen LogP contribution is -2.50. The molecular formula is C34H65NO4. The molecule has 5 heteroatoms. The predicted octanol–water partition coefficient (Wildman–Crippen LogP) is 8.31. The molecule has 3 atom stereocenters. The fraction of sp³-hybridized carbons (Fsp3) is 0.853. The van der Waals surface area contributed by atoms with E-state index in [0.29, 0.717) is 12.8 Å². The minimum atomic E-state index is -1.16. The van der Waals surface area contributed by atoms with Gasteiger partial charge in [0.25, 0.3) is 0 Å². The third kappa shape index (κ3) is 25.5. The Kier molecular flexibility index (Phi) is 28.9. The molecule has 0 aliphatic rings. The fourth-order valence-electron chi connectivity index (χ4n) is 4.86. The molecule has 0 aromatic heterocycles. The van der Waals surface area contributed by atoms with Gasteiger partial charge >= 0.3 is 0 Å². The van der Waals surface area contributed by atoms with Crippen molar-refractivity contribution >= 4 is 5.91 Å². The highest BCUT2D eigenvalue weighted by Crippen LogP contribution is 2.12. The van der Waals surface area contributed by atoms with Crippen molar-refractivity contribution in [1.29, 1.82) is 0 Å². The molecule has 0 bridgehead atoms. The van der Waals surface area contributed by atoms with Gasteiger partial charge in [0.2, 0.25) is 5.91 Å². The molecule has 0 saturated carbocycles. The maximum atomic E-state index is 12.3. The number of rotatable bonds is 29. The van der Waals surface area contributed by atoms with Gasteiger partial charge in [0, 0.05) is 6.42 Å². The number of hydrogen-bond acceptors (Lipinski definition) is 4. The number of aliphatic hydroxyl groups excluding tert-OH is 3. The Morgan fingerprint density at radius 3 is 1.51 bits per heavy atom. The second kappa shape index (κ2) is 29.8. The zero-order valence-corrected chi connectivity index (χ0v) is 25.8. The van der Waals surface area contributed by atoms with E-state index in [2.05, 4.69) is 43.5 Å². The summed E-state index contributed by atoms with van der Waals surface area (Å²) in [7, 11) is 0. The Hall–Kier alpha value is -1.17. The molecule has 0 radical (unpaired) electrons. The lowest BCUT2D eigenvalue weighted by atomic mass is 10.0. The summed E-state index contributed by atoms with van der Waals surface area (Å²) in [5, 5.41) is 33.1. The highest BCUT2D eigenvalue weighted by atomic mass is 16.3. The van der Waals surface area contributed by atoms with Gasteiger partial charge in [-0.3, -0.25) is 4.79 Å². The first kappa shape index (κ1) is 37.8. The number of allylic oxidation sites excluding steroid dienone is 4. The summed E-state index contributed by atoms with van der Waals surface area (Å²) in [5.74, 6) is -0.167. The average molecular weight is 552 g/mol. The summed E-state index contributed by atoms with van der Waals surface area (Å²) in [6.45, 7) is 4.09. The molecule has 0 fully saturated rings.